The van der Waals surface area contributed by atoms with Crippen molar-refractivity contribution in [2.45, 2.75) is 11.1 Å². The van der Waals surface area contributed by atoms with E-state index in [4.69, 9.17) is 0 Å². The Labute approximate surface area is 146 Å². The van der Waals surface area contributed by atoms with Gasteiger partial charge in [0.25, 0.3) is 5.91 Å². The van der Waals surface area contributed by atoms with Gasteiger partial charge in [0.15, 0.2) is 0 Å². The Morgan fingerprint density at radius 3 is 2.60 bits per heavy atom. The summed E-state index contributed by atoms with van der Waals surface area (Å²) in [4.78, 5) is 17.3. The highest BCUT2D eigenvalue weighted by Crippen LogP contribution is 2.33. The van der Waals surface area contributed by atoms with Crippen molar-refractivity contribution < 1.29 is 18.0 Å². The average molecular weight is 362 g/mol. The van der Waals surface area contributed by atoms with Crippen molar-refractivity contribution in [2.24, 2.45) is 0 Å². The summed E-state index contributed by atoms with van der Waals surface area (Å²) < 4.78 is 38.9. The third kappa shape index (κ3) is 3.61. The number of rotatable bonds is 3. The normalized spacial score (nSPS) is 11.5. The van der Waals surface area contributed by atoms with Crippen LogP contribution in [0.2, 0.25) is 0 Å². The van der Waals surface area contributed by atoms with E-state index in [0.717, 1.165) is 17.5 Å². The van der Waals surface area contributed by atoms with E-state index < -0.39 is 17.6 Å². The zero-order valence-electron chi connectivity index (χ0n) is 13.1. The Kier molecular flexibility index (Phi) is 4.67. The molecule has 0 fully saturated rings. The Hall–Kier alpha value is -2.54. The van der Waals surface area contributed by atoms with E-state index in [2.05, 4.69) is 10.3 Å². The first-order valence-corrected chi connectivity index (χ1v) is 8.53. The molecule has 1 heterocycles. The first-order valence-electron chi connectivity index (χ1n) is 7.30. The lowest BCUT2D eigenvalue weighted by atomic mass is 10.1. The number of alkyl halides is 3. The topological polar surface area (TPSA) is 42.0 Å². The molecule has 3 rings (SSSR count). The molecule has 1 aromatic heterocycles. The van der Waals surface area contributed by atoms with Gasteiger partial charge in [0.05, 0.1) is 22.3 Å². The van der Waals surface area contributed by atoms with Gasteiger partial charge in [-0.3, -0.25) is 9.78 Å². The average Bonchev–Trinajstić information content (AvgIpc) is 2.60. The second-order valence-corrected chi connectivity index (χ2v) is 6.10. The molecule has 1 amide bonds. The van der Waals surface area contributed by atoms with E-state index in [-0.39, 0.29) is 5.56 Å². The minimum absolute atomic E-state index is 0.0183. The number of halogens is 3. The molecule has 0 aliphatic carbocycles. The van der Waals surface area contributed by atoms with Gasteiger partial charge in [-0.15, -0.1) is 11.8 Å². The first kappa shape index (κ1) is 17.3. The maximum atomic E-state index is 13.0. The monoisotopic (exact) mass is 362 g/mol. The molecule has 0 atom stereocenters. The third-order valence-electron chi connectivity index (χ3n) is 3.65. The van der Waals surface area contributed by atoms with Crippen molar-refractivity contribution in [3.05, 3.63) is 65.9 Å². The highest BCUT2D eigenvalue weighted by atomic mass is 32.2. The van der Waals surface area contributed by atoms with Crippen LogP contribution in [0.3, 0.4) is 0 Å². The maximum Gasteiger partial charge on any atom is 0.416 e. The van der Waals surface area contributed by atoms with Crippen molar-refractivity contribution >= 4 is 34.3 Å². The van der Waals surface area contributed by atoms with Crippen LogP contribution in [-0.4, -0.2) is 17.1 Å². The molecular weight excluding hydrogens is 349 g/mol. The summed E-state index contributed by atoms with van der Waals surface area (Å²) in [6.07, 6.45) is -1.21. The molecule has 0 spiro atoms. The molecule has 0 saturated heterocycles. The van der Waals surface area contributed by atoms with E-state index in [9.17, 15) is 18.0 Å². The molecule has 2 aromatic carbocycles. The summed E-state index contributed by atoms with van der Waals surface area (Å²) in [5.74, 6) is -0.603. The molecule has 128 valence electrons. The third-order valence-corrected chi connectivity index (χ3v) is 4.45. The molecule has 1 N–H and O–H groups in total. The standard InChI is InChI=1S/C18H13F3N2OS/c1-25-15-8-7-12(18(19,20)21)10-13(15)17(24)23-14-6-2-4-11-5-3-9-22-16(11)14/h2-10H,1H3,(H,23,24). The second kappa shape index (κ2) is 6.76. The predicted molar refractivity (Wildman–Crippen MR) is 92.9 cm³/mol. The molecule has 0 aliphatic heterocycles. The highest BCUT2D eigenvalue weighted by Gasteiger charge is 2.31. The van der Waals surface area contributed by atoms with Gasteiger partial charge in [-0.2, -0.15) is 13.2 Å². The van der Waals surface area contributed by atoms with Crippen LogP contribution in [0, 0.1) is 0 Å². The predicted octanol–water partition coefficient (Wildman–Crippen LogP) is 5.23. The Bertz CT molecular complexity index is 936. The molecule has 0 aliphatic rings. The number of amides is 1. The van der Waals surface area contributed by atoms with Crippen molar-refractivity contribution in [1.29, 1.82) is 0 Å². The number of aromatic nitrogens is 1. The van der Waals surface area contributed by atoms with Crippen molar-refractivity contribution in [3.63, 3.8) is 0 Å². The summed E-state index contributed by atoms with van der Waals surface area (Å²) in [5.41, 5.74) is 0.158. The van der Waals surface area contributed by atoms with Gasteiger partial charge in [0.2, 0.25) is 0 Å². The number of carbonyl (C=O) groups excluding carboxylic acids is 1. The summed E-state index contributed by atoms with van der Waals surface area (Å²) in [6, 6.07) is 12.0. The number of anilines is 1. The molecule has 0 radical (unpaired) electrons. The fourth-order valence-corrected chi connectivity index (χ4v) is 3.03. The van der Waals surface area contributed by atoms with Crippen molar-refractivity contribution in [3.8, 4) is 0 Å². The second-order valence-electron chi connectivity index (χ2n) is 5.25. The van der Waals surface area contributed by atoms with Gasteiger partial charge in [0.1, 0.15) is 0 Å². The van der Waals surface area contributed by atoms with Gasteiger partial charge < -0.3 is 5.32 Å². The number of nitrogens with one attached hydrogen (secondary N) is 1. The van der Waals surface area contributed by atoms with E-state index >= 15 is 0 Å². The van der Waals surface area contributed by atoms with Crippen LogP contribution in [0.4, 0.5) is 18.9 Å². The summed E-state index contributed by atoms with van der Waals surface area (Å²) in [7, 11) is 0. The van der Waals surface area contributed by atoms with Crippen LogP contribution >= 0.6 is 11.8 Å². The van der Waals surface area contributed by atoms with Crippen molar-refractivity contribution in [2.75, 3.05) is 11.6 Å². The number of para-hydroxylation sites is 1. The lowest BCUT2D eigenvalue weighted by molar-refractivity contribution is -0.137. The molecule has 25 heavy (non-hydrogen) atoms. The smallest absolute Gasteiger partial charge is 0.320 e. The fraction of sp³-hybridized carbons (Fsp3) is 0.111. The number of hydrogen-bond donors (Lipinski definition) is 1. The molecule has 7 heteroatoms. The lowest BCUT2D eigenvalue weighted by Crippen LogP contribution is -2.15. The fourth-order valence-electron chi connectivity index (χ4n) is 2.46. The molecule has 0 saturated carbocycles. The van der Waals surface area contributed by atoms with Gasteiger partial charge >= 0.3 is 6.18 Å². The summed E-state index contributed by atoms with van der Waals surface area (Å²) in [6.45, 7) is 0. The largest absolute Gasteiger partial charge is 0.416 e. The van der Waals surface area contributed by atoms with Crippen molar-refractivity contribution in [1.82, 2.24) is 4.98 Å². The van der Waals surface area contributed by atoms with Crippen LogP contribution < -0.4 is 5.32 Å². The number of thioether (sulfide) groups is 1. The number of benzene rings is 2. The van der Waals surface area contributed by atoms with Gasteiger partial charge in [0, 0.05) is 16.5 Å². The Morgan fingerprint density at radius 1 is 1.12 bits per heavy atom. The zero-order chi connectivity index (χ0) is 18.0. The SMILES string of the molecule is CSc1ccc(C(F)(F)F)cc1C(=O)Nc1cccc2cccnc12. The van der Waals surface area contributed by atoms with Gasteiger partial charge in [-0.1, -0.05) is 18.2 Å². The molecular formula is C18H13F3N2OS. The minimum atomic E-state index is -4.51. The van der Waals surface area contributed by atoms with E-state index in [1.807, 2.05) is 12.1 Å². The van der Waals surface area contributed by atoms with Gasteiger partial charge in [-0.05, 0) is 36.6 Å². The Morgan fingerprint density at radius 2 is 1.88 bits per heavy atom. The number of fused-ring (bicyclic) bond motifs is 1. The van der Waals surface area contributed by atoms with E-state index in [1.54, 1.807) is 30.7 Å². The first-order chi connectivity index (χ1) is 11.9. The van der Waals surface area contributed by atoms with E-state index in [0.29, 0.717) is 16.1 Å². The van der Waals surface area contributed by atoms with E-state index in [1.165, 1.54) is 17.8 Å². The maximum absolute atomic E-state index is 13.0. The van der Waals surface area contributed by atoms with Crippen LogP contribution in [0.25, 0.3) is 10.9 Å². The van der Waals surface area contributed by atoms with Crippen LogP contribution in [0.5, 0.6) is 0 Å². The molecule has 3 nitrogen and oxygen atoms in total. The number of nitrogens with zero attached hydrogens (tertiary/aromatic N) is 1. The molecule has 0 unspecified atom stereocenters. The lowest BCUT2D eigenvalue weighted by Gasteiger charge is -2.13. The van der Waals surface area contributed by atoms with Crippen LogP contribution in [0.15, 0.2) is 59.6 Å². The van der Waals surface area contributed by atoms with Gasteiger partial charge in [-0.25, -0.2) is 0 Å². The minimum Gasteiger partial charge on any atom is -0.320 e. The van der Waals surface area contributed by atoms with Crippen LogP contribution in [0.1, 0.15) is 15.9 Å². The quantitative estimate of drug-likeness (QED) is 0.649. The summed E-state index contributed by atoms with van der Waals surface area (Å²) >= 11 is 1.21. The number of carbonyl (C=O) groups is 1. The highest BCUT2D eigenvalue weighted by molar-refractivity contribution is 7.98. The zero-order valence-corrected chi connectivity index (χ0v) is 13.9. The Balaban J connectivity index is 2.00. The number of hydrogen-bond acceptors (Lipinski definition) is 3. The van der Waals surface area contributed by atoms with Crippen LogP contribution in [-0.2, 0) is 6.18 Å². The molecule has 3 aromatic rings. The number of pyridine rings is 1. The molecule has 0 bridgehead atoms. The summed E-state index contributed by atoms with van der Waals surface area (Å²) in [5, 5.41) is 3.50.